The lowest BCUT2D eigenvalue weighted by Crippen LogP contribution is -2.31. The molecule has 8 heteroatoms. The van der Waals surface area contributed by atoms with Crippen LogP contribution in [0.2, 0.25) is 0 Å². The molecule has 0 radical (unpaired) electrons. The molecule has 3 aromatic heterocycles. The van der Waals surface area contributed by atoms with Gasteiger partial charge >= 0.3 is 0 Å². The van der Waals surface area contributed by atoms with Gasteiger partial charge in [-0.15, -0.1) is 0 Å². The van der Waals surface area contributed by atoms with Crippen LogP contribution in [0.25, 0.3) is 33.1 Å². The predicted octanol–water partition coefficient (Wildman–Crippen LogP) is 5.28. The van der Waals surface area contributed by atoms with Gasteiger partial charge in [-0.25, -0.2) is 14.6 Å². The molecular formula is C33H32N6O2. The molecule has 0 N–H and O–H groups in total. The Morgan fingerprint density at radius 3 is 2.34 bits per heavy atom. The first-order valence-corrected chi connectivity index (χ1v) is 14.4. The number of nitrogens with zero attached hydrogens (tertiary/aromatic N) is 6. The quantitative estimate of drug-likeness (QED) is 0.261. The van der Waals surface area contributed by atoms with Crippen LogP contribution in [0.1, 0.15) is 36.9 Å². The highest BCUT2D eigenvalue weighted by Gasteiger charge is 2.43. The number of imide groups is 1. The van der Waals surface area contributed by atoms with Crippen LogP contribution in [-0.2, 0) is 23.2 Å². The topological polar surface area (TPSA) is 76.3 Å². The molecule has 206 valence electrons. The second-order valence-electron chi connectivity index (χ2n) is 10.9. The number of benzene rings is 2. The van der Waals surface area contributed by atoms with Crippen molar-refractivity contribution in [3.63, 3.8) is 0 Å². The first kappa shape index (κ1) is 25.4. The molecule has 2 amide bonds. The number of fused-ring (bicyclic) bond motifs is 2. The van der Waals surface area contributed by atoms with E-state index in [1.165, 1.54) is 24.2 Å². The highest BCUT2D eigenvalue weighted by molar-refractivity contribution is 6.58. The van der Waals surface area contributed by atoms with Gasteiger partial charge < -0.3 is 9.47 Å². The Labute approximate surface area is 238 Å². The fourth-order valence-corrected chi connectivity index (χ4v) is 6.33. The van der Waals surface area contributed by atoms with E-state index in [1.54, 1.807) is 18.3 Å². The van der Waals surface area contributed by atoms with E-state index in [1.807, 2.05) is 77.1 Å². The van der Waals surface area contributed by atoms with Crippen molar-refractivity contribution in [2.45, 2.75) is 32.2 Å². The lowest BCUT2D eigenvalue weighted by atomic mass is 9.98. The summed E-state index contributed by atoms with van der Waals surface area (Å²) in [6.07, 6.45) is 8.47. The van der Waals surface area contributed by atoms with Gasteiger partial charge in [-0.3, -0.25) is 9.59 Å². The van der Waals surface area contributed by atoms with Crippen molar-refractivity contribution in [1.82, 2.24) is 24.2 Å². The number of anilines is 1. The van der Waals surface area contributed by atoms with Gasteiger partial charge in [-0.05, 0) is 69.2 Å². The summed E-state index contributed by atoms with van der Waals surface area (Å²) in [4.78, 5) is 37.0. The standard InChI is InChI=1S/C33H32N6O2/c1-36-22-26(24-14-6-7-16-27(24)36)28-29(33(41)39(32(28)40)23-12-4-2-5-13-23)30-25-15-10-17-34-31(25)38(35-30)21-11-20-37-18-8-3-9-19-37/h2,4-7,10,12-17,22H,3,8-9,11,18-21H2,1H3. The van der Waals surface area contributed by atoms with Crippen molar-refractivity contribution in [2.75, 3.05) is 24.5 Å². The van der Waals surface area contributed by atoms with Gasteiger partial charge in [0.15, 0.2) is 5.65 Å². The van der Waals surface area contributed by atoms with E-state index in [4.69, 9.17) is 5.10 Å². The third-order valence-corrected chi connectivity index (χ3v) is 8.30. The van der Waals surface area contributed by atoms with E-state index in [0.717, 1.165) is 53.6 Å². The summed E-state index contributed by atoms with van der Waals surface area (Å²) in [6, 6.07) is 20.9. The Morgan fingerprint density at radius 1 is 0.780 bits per heavy atom. The molecule has 41 heavy (non-hydrogen) atoms. The Morgan fingerprint density at radius 2 is 1.51 bits per heavy atom. The molecule has 8 nitrogen and oxygen atoms in total. The van der Waals surface area contributed by atoms with Crippen LogP contribution >= 0.6 is 0 Å². The normalized spacial score (nSPS) is 16.6. The zero-order valence-corrected chi connectivity index (χ0v) is 23.2. The molecule has 2 aliphatic heterocycles. The maximum atomic E-state index is 14.3. The van der Waals surface area contributed by atoms with Gasteiger partial charge in [0.1, 0.15) is 5.69 Å². The van der Waals surface area contributed by atoms with Gasteiger partial charge in [0.05, 0.1) is 16.8 Å². The summed E-state index contributed by atoms with van der Waals surface area (Å²) >= 11 is 0. The molecule has 7 rings (SSSR count). The molecule has 1 saturated heterocycles. The van der Waals surface area contributed by atoms with Crippen LogP contribution < -0.4 is 4.90 Å². The summed E-state index contributed by atoms with van der Waals surface area (Å²) in [6.45, 7) is 3.99. The van der Waals surface area contributed by atoms with Crippen LogP contribution in [0.15, 0.2) is 79.1 Å². The van der Waals surface area contributed by atoms with Crippen molar-refractivity contribution >= 4 is 50.6 Å². The first-order chi connectivity index (χ1) is 20.1. The molecule has 1 fully saturated rings. The average Bonchev–Trinajstić information content (AvgIpc) is 3.62. The minimum Gasteiger partial charge on any atom is -0.350 e. The number of hydrogen-bond acceptors (Lipinski definition) is 5. The molecule has 0 aliphatic carbocycles. The predicted molar refractivity (Wildman–Crippen MR) is 161 cm³/mol. The maximum absolute atomic E-state index is 14.3. The molecule has 0 saturated carbocycles. The van der Waals surface area contributed by atoms with Gasteiger partial charge in [0, 0.05) is 47.8 Å². The van der Waals surface area contributed by atoms with E-state index in [2.05, 4.69) is 9.88 Å². The van der Waals surface area contributed by atoms with Gasteiger partial charge in [-0.2, -0.15) is 5.10 Å². The monoisotopic (exact) mass is 544 g/mol. The van der Waals surface area contributed by atoms with E-state index >= 15 is 0 Å². The van der Waals surface area contributed by atoms with E-state index in [-0.39, 0.29) is 11.8 Å². The van der Waals surface area contributed by atoms with Crippen molar-refractivity contribution in [3.8, 4) is 0 Å². The second-order valence-corrected chi connectivity index (χ2v) is 10.9. The number of likely N-dealkylation sites (tertiary alicyclic amines) is 1. The third-order valence-electron chi connectivity index (χ3n) is 8.30. The third kappa shape index (κ3) is 4.35. The largest absolute Gasteiger partial charge is 0.350 e. The Bertz CT molecular complexity index is 1810. The lowest BCUT2D eigenvalue weighted by molar-refractivity contribution is -0.119. The summed E-state index contributed by atoms with van der Waals surface area (Å²) in [5, 5.41) is 6.69. The fourth-order valence-electron chi connectivity index (χ4n) is 6.33. The van der Waals surface area contributed by atoms with Crippen LogP contribution in [0.4, 0.5) is 5.69 Å². The minimum atomic E-state index is -0.368. The fraction of sp³-hybridized carbons (Fsp3) is 0.273. The molecule has 0 spiro atoms. The minimum absolute atomic E-state index is 0.322. The van der Waals surface area contributed by atoms with E-state index < -0.39 is 0 Å². The van der Waals surface area contributed by atoms with E-state index in [0.29, 0.717) is 29.1 Å². The molecule has 5 aromatic rings. The average molecular weight is 545 g/mol. The second kappa shape index (κ2) is 10.4. The van der Waals surface area contributed by atoms with Crippen molar-refractivity contribution in [1.29, 1.82) is 0 Å². The molecule has 2 aromatic carbocycles. The van der Waals surface area contributed by atoms with Crippen molar-refractivity contribution < 1.29 is 9.59 Å². The number of para-hydroxylation sites is 2. The zero-order valence-electron chi connectivity index (χ0n) is 23.2. The smallest absolute Gasteiger partial charge is 0.268 e. The number of aryl methyl sites for hydroxylation is 2. The summed E-state index contributed by atoms with van der Waals surface area (Å²) in [5.74, 6) is -0.711. The molecule has 2 aliphatic rings. The Hall–Kier alpha value is -4.56. The molecule has 0 unspecified atom stereocenters. The lowest BCUT2D eigenvalue weighted by Gasteiger charge is -2.26. The summed E-state index contributed by atoms with van der Waals surface area (Å²) in [5.41, 5.74) is 4.19. The highest BCUT2D eigenvalue weighted by atomic mass is 16.2. The zero-order chi connectivity index (χ0) is 27.9. The Balaban J connectivity index is 1.37. The van der Waals surface area contributed by atoms with Crippen LogP contribution in [0.5, 0.6) is 0 Å². The molecular weight excluding hydrogens is 512 g/mol. The Kier molecular flexibility index (Phi) is 6.47. The highest BCUT2D eigenvalue weighted by Crippen LogP contribution is 2.42. The van der Waals surface area contributed by atoms with Crippen molar-refractivity contribution in [3.05, 3.63) is 90.4 Å². The van der Waals surface area contributed by atoms with Gasteiger partial charge in [0.25, 0.3) is 11.8 Å². The number of hydrogen-bond donors (Lipinski definition) is 0. The number of rotatable bonds is 7. The van der Waals surface area contributed by atoms with Crippen LogP contribution in [0, 0.1) is 0 Å². The van der Waals surface area contributed by atoms with Crippen molar-refractivity contribution in [2.24, 2.45) is 7.05 Å². The van der Waals surface area contributed by atoms with Gasteiger partial charge in [-0.1, -0.05) is 42.8 Å². The molecule has 0 atom stereocenters. The van der Waals surface area contributed by atoms with Crippen LogP contribution in [-0.4, -0.2) is 55.7 Å². The number of pyridine rings is 1. The number of piperidine rings is 1. The SMILES string of the molecule is Cn1cc(C2=C(c3nn(CCCN4CCCCC4)c4ncccc34)C(=O)N(c3ccccc3)C2=O)c2ccccc21. The number of carbonyl (C=O) groups excluding carboxylic acids is 2. The summed E-state index contributed by atoms with van der Waals surface area (Å²) in [7, 11) is 1.96. The van der Waals surface area contributed by atoms with Gasteiger partial charge in [0.2, 0.25) is 0 Å². The summed E-state index contributed by atoms with van der Waals surface area (Å²) < 4.78 is 3.91. The molecule has 5 heterocycles. The number of carbonyl (C=O) groups is 2. The maximum Gasteiger partial charge on any atom is 0.268 e. The first-order valence-electron chi connectivity index (χ1n) is 14.4. The molecule has 0 bridgehead atoms. The number of aromatic nitrogens is 4. The number of amides is 2. The van der Waals surface area contributed by atoms with E-state index in [9.17, 15) is 9.59 Å². The van der Waals surface area contributed by atoms with Crippen LogP contribution in [0.3, 0.4) is 0 Å².